The Bertz CT molecular complexity index is 1980. The van der Waals surface area contributed by atoms with E-state index in [9.17, 15) is 19.2 Å². The van der Waals surface area contributed by atoms with E-state index in [4.69, 9.17) is 0 Å². The van der Waals surface area contributed by atoms with Gasteiger partial charge in [0.25, 0.3) is 23.6 Å². The Balaban J connectivity index is 1.09. The molecule has 1 aliphatic rings. The van der Waals surface area contributed by atoms with Crippen LogP contribution >= 0.6 is 0 Å². The molecule has 1 aromatic carbocycles. The van der Waals surface area contributed by atoms with Crippen LogP contribution in [0.15, 0.2) is 73.3 Å². The average molecular weight is 622 g/mol. The molecule has 5 heterocycles. The maximum atomic E-state index is 13.2. The van der Waals surface area contributed by atoms with E-state index in [1.807, 2.05) is 36.2 Å². The molecule has 236 valence electrons. The number of rotatable bonds is 7. The number of nitrogens with one attached hydrogen (secondary N) is 3. The van der Waals surface area contributed by atoms with E-state index < -0.39 is 17.7 Å². The predicted octanol–water partition coefficient (Wildman–Crippen LogP) is 3.39. The fraction of sp³-hybridized carbons (Fsp3) is 0.242. The predicted molar refractivity (Wildman–Crippen MR) is 175 cm³/mol. The monoisotopic (exact) mass is 621 g/mol. The first-order valence-corrected chi connectivity index (χ1v) is 14.8. The van der Waals surface area contributed by atoms with Crippen LogP contribution in [0.4, 0.5) is 17.1 Å². The van der Waals surface area contributed by atoms with Gasteiger partial charge in [0.05, 0.1) is 17.1 Å². The van der Waals surface area contributed by atoms with Gasteiger partial charge in [0.1, 0.15) is 22.8 Å². The van der Waals surface area contributed by atoms with Crippen LogP contribution in [0.25, 0.3) is 10.8 Å². The number of likely N-dealkylation sites (N-methyl/N-ethyl adjacent to an activating group) is 1. The van der Waals surface area contributed by atoms with Gasteiger partial charge in [-0.05, 0) is 36.7 Å². The zero-order chi connectivity index (χ0) is 32.5. The molecule has 46 heavy (non-hydrogen) atoms. The number of amides is 4. The van der Waals surface area contributed by atoms with Crippen molar-refractivity contribution in [3.63, 3.8) is 0 Å². The molecule has 0 atom stereocenters. The second kappa shape index (κ2) is 12.4. The SMILES string of the molecule is CN1CCN(C(=O)c2cc(NC(=O)c3cc(NC(=O)c4cc(NC(=O)c5cc6ccccc6cn5)cn4C)cn3C)cn2C)CC1. The first-order chi connectivity index (χ1) is 22.0. The molecular formula is C33H35N9O4. The lowest BCUT2D eigenvalue weighted by atomic mass is 10.1. The zero-order valence-electron chi connectivity index (χ0n) is 26.1. The van der Waals surface area contributed by atoms with E-state index in [2.05, 4.69) is 25.8 Å². The van der Waals surface area contributed by atoms with E-state index >= 15 is 0 Å². The van der Waals surface area contributed by atoms with Gasteiger partial charge in [0, 0.05) is 77.5 Å². The summed E-state index contributed by atoms with van der Waals surface area (Å²) in [5.41, 5.74) is 2.72. The number of aryl methyl sites for hydroxylation is 3. The maximum absolute atomic E-state index is 13.2. The molecule has 5 aromatic rings. The number of fused-ring (bicyclic) bond motifs is 1. The second-order valence-corrected chi connectivity index (χ2v) is 11.5. The van der Waals surface area contributed by atoms with Crippen LogP contribution in [0, 0.1) is 0 Å². The van der Waals surface area contributed by atoms with E-state index in [-0.39, 0.29) is 11.6 Å². The molecule has 0 aliphatic carbocycles. The molecule has 1 aliphatic heterocycles. The second-order valence-electron chi connectivity index (χ2n) is 11.5. The number of hydrogen-bond donors (Lipinski definition) is 3. The third-order valence-electron chi connectivity index (χ3n) is 8.13. The summed E-state index contributed by atoms with van der Waals surface area (Å²) in [6, 6.07) is 14.2. The van der Waals surface area contributed by atoms with Crippen molar-refractivity contribution in [2.45, 2.75) is 0 Å². The molecule has 0 bridgehead atoms. The molecule has 0 spiro atoms. The van der Waals surface area contributed by atoms with Crippen molar-refractivity contribution in [2.24, 2.45) is 21.1 Å². The molecule has 0 unspecified atom stereocenters. The van der Waals surface area contributed by atoms with Crippen LogP contribution in [0.1, 0.15) is 42.0 Å². The fourth-order valence-corrected chi connectivity index (χ4v) is 5.53. The highest BCUT2D eigenvalue weighted by Crippen LogP contribution is 2.21. The molecular weight excluding hydrogens is 586 g/mol. The topological polar surface area (TPSA) is 139 Å². The van der Waals surface area contributed by atoms with Gasteiger partial charge in [-0.25, -0.2) is 0 Å². The van der Waals surface area contributed by atoms with Gasteiger partial charge in [0.15, 0.2) is 0 Å². The molecule has 4 amide bonds. The number of nitrogens with zero attached hydrogens (tertiary/aromatic N) is 6. The summed E-state index contributed by atoms with van der Waals surface area (Å²) >= 11 is 0. The Hall–Kier alpha value is -5.69. The summed E-state index contributed by atoms with van der Waals surface area (Å²) in [5, 5.41) is 10.3. The van der Waals surface area contributed by atoms with Gasteiger partial charge in [-0.2, -0.15) is 0 Å². The van der Waals surface area contributed by atoms with E-state index in [0.717, 1.165) is 23.9 Å². The number of benzene rings is 1. The average Bonchev–Trinajstić information content (AvgIpc) is 3.71. The van der Waals surface area contributed by atoms with Crippen LogP contribution in [-0.4, -0.2) is 85.3 Å². The van der Waals surface area contributed by atoms with Crippen LogP contribution in [0.2, 0.25) is 0 Å². The molecule has 1 fully saturated rings. The molecule has 13 nitrogen and oxygen atoms in total. The van der Waals surface area contributed by atoms with Crippen molar-refractivity contribution in [2.75, 3.05) is 49.2 Å². The Morgan fingerprint density at radius 3 is 1.65 bits per heavy atom. The lowest BCUT2D eigenvalue weighted by molar-refractivity contribution is 0.0654. The molecule has 0 radical (unpaired) electrons. The molecule has 1 saturated heterocycles. The van der Waals surface area contributed by atoms with Crippen LogP contribution in [0.3, 0.4) is 0 Å². The van der Waals surface area contributed by atoms with Crippen LogP contribution in [-0.2, 0) is 21.1 Å². The molecule has 3 N–H and O–H groups in total. The minimum absolute atomic E-state index is 0.0753. The number of carbonyl (C=O) groups is 4. The van der Waals surface area contributed by atoms with Crippen LogP contribution in [0.5, 0.6) is 0 Å². The first kappa shape index (κ1) is 30.3. The molecule has 0 saturated carbocycles. The highest BCUT2D eigenvalue weighted by atomic mass is 16.2. The quantitative estimate of drug-likeness (QED) is 0.255. The smallest absolute Gasteiger partial charge is 0.274 e. The Morgan fingerprint density at radius 2 is 1.09 bits per heavy atom. The Labute approximate surface area is 265 Å². The van der Waals surface area contributed by atoms with Crippen molar-refractivity contribution in [3.05, 3.63) is 96.1 Å². The lowest BCUT2D eigenvalue weighted by Gasteiger charge is -2.32. The normalized spacial score (nSPS) is 13.5. The zero-order valence-corrected chi connectivity index (χ0v) is 26.1. The lowest BCUT2D eigenvalue weighted by Crippen LogP contribution is -2.47. The van der Waals surface area contributed by atoms with Crippen molar-refractivity contribution < 1.29 is 19.2 Å². The summed E-state index contributed by atoms with van der Waals surface area (Å²) in [5.74, 6) is -1.28. The highest BCUT2D eigenvalue weighted by Gasteiger charge is 2.24. The van der Waals surface area contributed by atoms with Crippen molar-refractivity contribution >= 4 is 51.5 Å². The number of anilines is 3. The van der Waals surface area contributed by atoms with Gasteiger partial charge in [-0.3, -0.25) is 24.2 Å². The summed E-state index contributed by atoms with van der Waals surface area (Å²) in [4.78, 5) is 60.5. The number of aromatic nitrogens is 4. The Morgan fingerprint density at radius 1 is 0.609 bits per heavy atom. The summed E-state index contributed by atoms with van der Waals surface area (Å²) < 4.78 is 4.92. The van der Waals surface area contributed by atoms with Gasteiger partial charge in [0.2, 0.25) is 0 Å². The van der Waals surface area contributed by atoms with E-state index in [0.29, 0.717) is 47.2 Å². The highest BCUT2D eigenvalue weighted by molar-refractivity contribution is 6.09. The minimum atomic E-state index is -0.417. The Kier molecular flexibility index (Phi) is 8.16. The fourth-order valence-electron chi connectivity index (χ4n) is 5.53. The minimum Gasteiger partial charge on any atom is -0.344 e. The summed E-state index contributed by atoms with van der Waals surface area (Å²) in [6.45, 7) is 2.94. The molecule has 4 aromatic heterocycles. The van der Waals surface area contributed by atoms with E-state index in [1.54, 1.807) is 83.9 Å². The summed E-state index contributed by atoms with van der Waals surface area (Å²) in [6.07, 6.45) is 6.63. The number of piperazine rings is 1. The van der Waals surface area contributed by atoms with Gasteiger partial charge in [-0.15, -0.1) is 0 Å². The van der Waals surface area contributed by atoms with Gasteiger partial charge in [-0.1, -0.05) is 24.3 Å². The third-order valence-corrected chi connectivity index (χ3v) is 8.13. The summed E-state index contributed by atoms with van der Waals surface area (Å²) in [7, 11) is 7.21. The van der Waals surface area contributed by atoms with Crippen molar-refractivity contribution in [1.29, 1.82) is 0 Å². The van der Waals surface area contributed by atoms with Crippen molar-refractivity contribution in [1.82, 2.24) is 28.5 Å². The third kappa shape index (κ3) is 6.26. The van der Waals surface area contributed by atoms with E-state index in [1.165, 1.54) is 0 Å². The van der Waals surface area contributed by atoms with Gasteiger partial charge >= 0.3 is 0 Å². The maximum Gasteiger partial charge on any atom is 0.274 e. The van der Waals surface area contributed by atoms with Crippen molar-refractivity contribution in [3.8, 4) is 0 Å². The number of pyridine rings is 1. The largest absolute Gasteiger partial charge is 0.344 e. The number of hydrogen-bond acceptors (Lipinski definition) is 6. The standard InChI is InChI=1S/C33H35N9O4/c1-38-9-11-42(12-10-38)33(46)29-16-25(20-41(29)4)37-32(45)28-15-24(19-40(28)3)36-31(44)27-14-23(18-39(27)2)35-30(43)26-13-21-7-5-6-8-22(21)17-34-26/h5-8,13-20H,9-12H2,1-4H3,(H,35,43)(H,36,44)(H,37,45). The molecule has 13 heteroatoms. The van der Waals surface area contributed by atoms with Gasteiger partial charge < -0.3 is 39.5 Å². The molecule has 6 rings (SSSR count). The van der Waals surface area contributed by atoms with Crippen LogP contribution < -0.4 is 16.0 Å². The number of carbonyl (C=O) groups excluding carboxylic acids is 4. The first-order valence-electron chi connectivity index (χ1n) is 14.8.